The number of carbonyl (C=O) groups is 2. The van der Waals surface area contributed by atoms with Gasteiger partial charge in [0.25, 0.3) is 5.91 Å². The van der Waals surface area contributed by atoms with E-state index in [4.69, 9.17) is 0 Å². The Morgan fingerprint density at radius 3 is 2.41 bits per heavy atom. The zero-order chi connectivity index (χ0) is 15.5. The van der Waals surface area contributed by atoms with E-state index in [1.165, 1.54) is 0 Å². The van der Waals surface area contributed by atoms with Gasteiger partial charge in [-0.1, -0.05) is 6.92 Å². The second kappa shape index (κ2) is 6.48. The van der Waals surface area contributed by atoms with Crippen LogP contribution in [0.4, 0.5) is 5.69 Å². The van der Waals surface area contributed by atoms with Crippen LogP contribution in [-0.4, -0.2) is 42.9 Å². The van der Waals surface area contributed by atoms with E-state index in [2.05, 4.69) is 17.6 Å². The fourth-order valence-corrected chi connectivity index (χ4v) is 3.19. The highest BCUT2D eigenvalue weighted by molar-refractivity contribution is 5.96. The van der Waals surface area contributed by atoms with Crippen molar-refractivity contribution in [2.75, 3.05) is 31.5 Å². The zero-order valence-corrected chi connectivity index (χ0v) is 13.0. The van der Waals surface area contributed by atoms with Crippen LogP contribution < -0.4 is 10.6 Å². The van der Waals surface area contributed by atoms with E-state index in [-0.39, 0.29) is 17.7 Å². The minimum Gasteiger partial charge on any atom is -0.339 e. The third-order valence-corrected chi connectivity index (χ3v) is 4.65. The van der Waals surface area contributed by atoms with Crippen molar-refractivity contribution >= 4 is 17.5 Å². The number of nitrogens with zero attached hydrogens (tertiary/aromatic N) is 1. The van der Waals surface area contributed by atoms with Crippen LogP contribution in [-0.2, 0) is 4.79 Å². The lowest BCUT2D eigenvalue weighted by Gasteiger charge is -2.16. The van der Waals surface area contributed by atoms with Gasteiger partial charge in [0.15, 0.2) is 0 Å². The van der Waals surface area contributed by atoms with E-state index in [1.807, 2.05) is 17.0 Å². The summed E-state index contributed by atoms with van der Waals surface area (Å²) in [4.78, 5) is 26.4. The van der Waals surface area contributed by atoms with Crippen molar-refractivity contribution in [3.05, 3.63) is 29.8 Å². The molecule has 2 atom stereocenters. The smallest absolute Gasteiger partial charge is 0.253 e. The van der Waals surface area contributed by atoms with E-state index >= 15 is 0 Å². The van der Waals surface area contributed by atoms with Gasteiger partial charge >= 0.3 is 0 Å². The number of amides is 2. The van der Waals surface area contributed by atoms with Gasteiger partial charge in [-0.05, 0) is 49.6 Å². The van der Waals surface area contributed by atoms with Crippen molar-refractivity contribution in [1.29, 1.82) is 0 Å². The molecular weight excluding hydrogens is 278 g/mol. The highest BCUT2D eigenvalue weighted by Gasteiger charge is 2.29. The lowest BCUT2D eigenvalue weighted by atomic mass is 9.97. The van der Waals surface area contributed by atoms with Crippen molar-refractivity contribution in [2.45, 2.75) is 19.8 Å². The third-order valence-electron chi connectivity index (χ3n) is 4.65. The molecule has 0 aromatic heterocycles. The van der Waals surface area contributed by atoms with Crippen LogP contribution in [0.15, 0.2) is 24.3 Å². The highest BCUT2D eigenvalue weighted by Crippen LogP contribution is 2.19. The van der Waals surface area contributed by atoms with Crippen LogP contribution in [0.2, 0.25) is 0 Å². The summed E-state index contributed by atoms with van der Waals surface area (Å²) >= 11 is 0. The number of likely N-dealkylation sites (tertiary alicyclic amines) is 1. The molecule has 2 N–H and O–H groups in total. The van der Waals surface area contributed by atoms with Crippen LogP contribution in [0, 0.1) is 11.8 Å². The maximum Gasteiger partial charge on any atom is 0.253 e. The van der Waals surface area contributed by atoms with Gasteiger partial charge in [-0.3, -0.25) is 9.59 Å². The third kappa shape index (κ3) is 3.14. The molecule has 2 aliphatic heterocycles. The number of hydrogen-bond acceptors (Lipinski definition) is 3. The molecule has 1 aromatic rings. The standard InChI is InChI=1S/C17H23N3O2/c1-12-10-18-11-15(12)16(21)19-14-6-4-13(5-7-14)17(22)20-8-2-3-9-20/h4-7,12,15,18H,2-3,8-11H2,1H3,(H,19,21)/t12-,15-/m1/s1. The predicted molar refractivity (Wildman–Crippen MR) is 85.7 cm³/mol. The topological polar surface area (TPSA) is 61.4 Å². The summed E-state index contributed by atoms with van der Waals surface area (Å²) in [7, 11) is 0. The largest absolute Gasteiger partial charge is 0.339 e. The molecule has 1 aromatic carbocycles. The van der Waals surface area contributed by atoms with Crippen LogP contribution >= 0.6 is 0 Å². The molecule has 0 bridgehead atoms. The Balaban J connectivity index is 1.61. The number of benzene rings is 1. The van der Waals surface area contributed by atoms with Crippen molar-refractivity contribution < 1.29 is 9.59 Å². The molecular formula is C17H23N3O2. The van der Waals surface area contributed by atoms with Gasteiger partial charge in [0.2, 0.25) is 5.91 Å². The van der Waals surface area contributed by atoms with Crippen LogP contribution in [0.1, 0.15) is 30.1 Å². The molecule has 2 fully saturated rings. The maximum absolute atomic E-state index is 12.3. The fourth-order valence-electron chi connectivity index (χ4n) is 3.19. The Morgan fingerprint density at radius 1 is 1.14 bits per heavy atom. The Hall–Kier alpha value is -1.88. The van der Waals surface area contributed by atoms with Gasteiger partial charge in [0.1, 0.15) is 0 Å². The number of nitrogens with one attached hydrogen (secondary N) is 2. The summed E-state index contributed by atoms with van der Waals surface area (Å²) in [5.41, 5.74) is 1.44. The van der Waals surface area contributed by atoms with Gasteiger partial charge in [0.05, 0.1) is 5.92 Å². The lowest BCUT2D eigenvalue weighted by molar-refractivity contribution is -0.120. The molecule has 5 heteroatoms. The molecule has 0 saturated carbocycles. The molecule has 22 heavy (non-hydrogen) atoms. The molecule has 3 rings (SSSR count). The Labute approximate surface area is 131 Å². The zero-order valence-electron chi connectivity index (χ0n) is 13.0. The summed E-state index contributed by atoms with van der Waals surface area (Å²) in [5, 5.41) is 6.18. The SMILES string of the molecule is C[C@@H]1CNC[C@H]1C(=O)Nc1ccc(C(=O)N2CCCC2)cc1. The molecule has 2 heterocycles. The second-order valence-electron chi connectivity index (χ2n) is 6.31. The van der Waals surface area contributed by atoms with Gasteiger partial charge in [-0.15, -0.1) is 0 Å². The van der Waals surface area contributed by atoms with Gasteiger partial charge < -0.3 is 15.5 Å². The Kier molecular flexibility index (Phi) is 4.43. The monoisotopic (exact) mass is 301 g/mol. The number of rotatable bonds is 3. The number of anilines is 1. The van der Waals surface area contributed by atoms with Crippen molar-refractivity contribution in [2.24, 2.45) is 11.8 Å². The number of carbonyl (C=O) groups excluding carboxylic acids is 2. The van der Waals surface area contributed by atoms with E-state index in [0.29, 0.717) is 11.5 Å². The molecule has 5 nitrogen and oxygen atoms in total. The van der Waals surface area contributed by atoms with E-state index in [9.17, 15) is 9.59 Å². The molecule has 0 spiro atoms. The molecule has 0 aliphatic carbocycles. The first kappa shape index (κ1) is 15.0. The van der Waals surface area contributed by atoms with E-state index in [1.54, 1.807) is 12.1 Å². The van der Waals surface area contributed by atoms with Crippen molar-refractivity contribution in [3.63, 3.8) is 0 Å². The maximum atomic E-state index is 12.3. The Morgan fingerprint density at radius 2 is 1.82 bits per heavy atom. The summed E-state index contributed by atoms with van der Waals surface area (Å²) in [5.74, 6) is 0.516. The van der Waals surface area contributed by atoms with E-state index < -0.39 is 0 Å². The second-order valence-corrected chi connectivity index (χ2v) is 6.31. The quantitative estimate of drug-likeness (QED) is 0.893. The van der Waals surface area contributed by atoms with Crippen molar-refractivity contribution in [3.8, 4) is 0 Å². The molecule has 0 unspecified atom stereocenters. The average Bonchev–Trinajstić information content (AvgIpc) is 3.18. The van der Waals surface area contributed by atoms with Gasteiger partial charge in [0, 0.05) is 30.9 Å². The predicted octanol–water partition coefficient (Wildman–Crippen LogP) is 1.72. The minimum absolute atomic E-state index is 0.0194. The van der Waals surface area contributed by atoms with Crippen molar-refractivity contribution in [1.82, 2.24) is 10.2 Å². The molecule has 118 valence electrons. The van der Waals surface area contributed by atoms with Crippen LogP contribution in [0.25, 0.3) is 0 Å². The first-order chi connectivity index (χ1) is 10.6. The summed E-state index contributed by atoms with van der Waals surface area (Å²) in [6, 6.07) is 7.22. The van der Waals surface area contributed by atoms with Gasteiger partial charge in [-0.2, -0.15) is 0 Å². The van der Waals surface area contributed by atoms with Crippen LogP contribution in [0.5, 0.6) is 0 Å². The highest BCUT2D eigenvalue weighted by atomic mass is 16.2. The molecule has 0 radical (unpaired) electrons. The first-order valence-corrected chi connectivity index (χ1v) is 8.06. The first-order valence-electron chi connectivity index (χ1n) is 8.06. The Bertz CT molecular complexity index is 550. The number of hydrogen-bond donors (Lipinski definition) is 2. The van der Waals surface area contributed by atoms with Crippen LogP contribution in [0.3, 0.4) is 0 Å². The average molecular weight is 301 g/mol. The molecule has 2 saturated heterocycles. The summed E-state index contributed by atoms with van der Waals surface area (Å²) < 4.78 is 0. The van der Waals surface area contributed by atoms with E-state index in [0.717, 1.165) is 44.7 Å². The molecule has 2 amide bonds. The fraction of sp³-hybridized carbons (Fsp3) is 0.529. The van der Waals surface area contributed by atoms with Gasteiger partial charge in [-0.25, -0.2) is 0 Å². The summed E-state index contributed by atoms with van der Waals surface area (Å²) in [6.45, 7) is 5.41. The normalized spacial score (nSPS) is 24.5. The minimum atomic E-state index is 0.0194. The lowest BCUT2D eigenvalue weighted by Crippen LogP contribution is -2.28. The molecule has 2 aliphatic rings. The summed E-state index contributed by atoms with van der Waals surface area (Å²) in [6.07, 6.45) is 2.18.